The molecule has 0 N–H and O–H groups in total. The molecule has 324 valence electrons. The SMILES string of the molecule is Cc1ccc2cccc([O-])c2n1.Cc1ccc2cccc([O-])c2n1.Cc1ccc2cccc([O-])c2n1.Cc1cccc([O-])c1C.Cc1cccc([O-])c1C.Cc1cccc([O-])c1C.[Al+3].[Al+3]. The van der Waals surface area contributed by atoms with E-state index in [4.69, 9.17) is 0 Å². The van der Waals surface area contributed by atoms with Crippen molar-refractivity contribution in [3.05, 3.63) is 196 Å². The third-order valence-electron chi connectivity index (χ3n) is 10.1. The molecule has 65 heavy (non-hydrogen) atoms. The number of pyridine rings is 3. The summed E-state index contributed by atoms with van der Waals surface area (Å²) in [6.45, 7) is 17.0. The number of para-hydroxylation sites is 3. The number of aryl methyl sites for hydroxylation is 6. The minimum atomic E-state index is -0.00352. The van der Waals surface area contributed by atoms with Gasteiger partial charge in [0.25, 0.3) is 0 Å². The summed E-state index contributed by atoms with van der Waals surface area (Å²) < 4.78 is 0. The van der Waals surface area contributed by atoms with Crippen LogP contribution in [0.2, 0.25) is 0 Å². The Morgan fingerprint density at radius 1 is 0.262 bits per heavy atom. The molecule has 9 aromatic rings. The van der Waals surface area contributed by atoms with E-state index in [1.165, 1.54) is 18.2 Å². The molecule has 0 amide bonds. The van der Waals surface area contributed by atoms with Gasteiger partial charge in [0.05, 0.1) is 16.6 Å². The zero-order valence-electron chi connectivity index (χ0n) is 38.3. The fourth-order valence-electron chi connectivity index (χ4n) is 5.82. The average Bonchev–Trinajstić information content (AvgIpc) is 3.26. The van der Waals surface area contributed by atoms with Gasteiger partial charge in [-0.1, -0.05) is 161 Å². The molecule has 0 aliphatic heterocycles. The van der Waals surface area contributed by atoms with Gasteiger partial charge in [-0.15, -0.1) is 17.2 Å². The summed E-state index contributed by atoms with van der Waals surface area (Å²) in [5, 5.41) is 69.1. The standard InChI is InChI=1S/3C10H9NO.3C8H10O.2Al/c3*1-7-5-6-8-3-2-4-9(12)10(8)11-7;3*1-6-4-3-5-8(9)7(6)2;;/h3*2-6,12H,1H3;3*3-5,9H,1-2H3;;/q;;;;;;2*+3/p-6. The molecule has 0 aliphatic rings. The Hall–Kier alpha value is -6.59. The number of fused-ring (bicyclic) bond motifs is 3. The molecule has 9 nitrogen and oxygen atoms in total. The molecule has 0 unspecified atom stereocenters. The van der Waals surface area contributed by atoms with E-state index in [0.717, 1.165) is 66.6 Å². The molecule has 0 fully saturated rings. The van der Waals surface area contributed by atoms with E-state index in [9.17, 15) is 30.6 Å². The second-order valence-corrected chi connectivity index (χ2v) is 14.9. The Bertz CT molecular complexity index is 2570. The van der Waals surface area contributed by atoms with Crippen LogP contribution in [0.25, 0.3) is 32.7 Å². The van der Waals surface area contributed by atoms with E-state index in [-0.39, 0.29) is 69.2 Å². The smallest absolute Gasteiger partial charge is 0.872 e. The Morgan fingerprint density at radius 3 is 0.692 bits per heavy atom. The summed E-state index contributed by atoms with van der Waals surface area (Å²) in [6.07, 6.45) is 0. The summed E-state index contributed by atoms with van der Waals surface area (Å²) in [6, 6.07) is 42.9. The molecule has 3 aromatic heterocycles. The maximum Gasteiger partial charge on any atom is 3.00 e. The summed E-state index contributed by atoms with van der Waals surface area (Å²) in [5.74, 6) is 0.392. The van der Waals surface area contributed by atoms with Gasteiger partial charge in [0.2, 0.25) is 0 Å². The van der Waals surface area contributed by atoms with Gasteiger partial charge < -0.3 is 30.6 Å². The molecule has 0 bridgehead atoms. The molecule has 0 atom stereocenters. The van der Waals surface area contributed by atoms with E-state index >= 15 is 0 Å². The fourth-order valence-corrected chi connectivity index (χ4v) is 5.82. The molecule has 0 saturated carbocycles. The predicted molar refractivity (Wildman–Crippen MR) is 255 cm³/mol. The molecule has 0 aliphatic carbocycles. The molecule has 11 heteroatoms. The number of aromatic nitrogens is 3. The molecule has 6 aromatic carbocycles. The monoisotopic (exact) mass is 891 g/mol. The molecule has 0 saturated heterocycles. The summed E-state index contributed by atoms with van der Waals surface area (Å²) >= 11 is 0. The first-order valence-electron chi connectivity index (χ1n) is 20.3. The summed E-state index contributed by atoms with van der Waals surface area (Å²) in [4.78, 5) is 12.5. The Balaban J connectivity index is 0.000000268. The first-order chi connectivity index (χ1) is 30.0. The second kappa shape index (κ2) is 26.3. The van der Waals surface area contributed by atoms with Crippen LogP contribution in [0.5, 0.6) is 34.5 Å². The van der Waals surface area contributed by atoms with Gasteiger partial charge >= 0.3 is 34.7 Å². The molecule has 9 rings (SSSR count). The van der Waals surface area contributed by atoms with Gasteiger partial charge in [-0.3, -0.25) is 15.0 Å². The third kappa shape index (κ3) is 16.2. The number of nitrogens with zero attached hydrogens (tertiary/aromatic N) is 3. The first-order valence-corrected chi connectivity index (χ1v) is 20.3. The molecule has 0 spiro atoms. The minimum Gasteiger partial charge on any atom is -0.872 e. The van der Waals surface area contributed by atoms with Gasteiger partial charge in [-0.2, -0.15) is 0 Å². The van der Waals surface area contributed by atoms with Crippen LogP contribution < -0.4 is 30.6 Å². The van der Waals surface area contributed by atoms with Crippen molar-refractivity contribution in [2.75, 3.05) is 0 Å². The van der Waals surface area contributed by atoms with Crippen molar-refractivity contribution in [3.63, 3.8) is 0 Å². The largest absolute Gasteiger partial charge is 3.00 e. The van der Waals surface area contributed by atoms with Crippen LogP contribution in [0.15, 0.2) is 146 Å². The first kappa shape index (κ1) is 54.5. The quantitative estimate of drug-likeness (QED) is 0.136. The van der Waals surface area contributed by atoms with Crippen LogP contribution in [0.4, 0.5) is 0 Å². The van der Waals surface area contributed by atoms with Crippen molar-refractivity contribution in [1.82, 2.24) is 15.0 Å². The summed E-state index contributed by atoms with van der Waals surface area (Å²) in [5.41, 5.74) is 10.1. The van der Waals surface area contributed by atoms with E-state index in [1.807, 2.05) is 135 Å². The van der Waals surface area contributed by atoms with E-state index in [1.54, 1.807) is 54.6 Å². The van der Waals surface area contributed by atoms with Gasteiger partial charge in [0, 0.05) is 17.1 Å². The van der Waals surface area contributed by atoms with Crippen LogP contribution in [0.1, 0.15) is 50.5 Å². The topological polar surface area (TPSA) is 177 Å². The van der Waals surface area contributed by atoms with Gasteiger partial charge in [-0.05, 0) is 113 Å². The fraction of sp³-hybridized carbons (Fsp3) is 0.167. The third-order valence-corrected chi connectivity index (χ3v) is 10.1. The number of hydrogen-bond donors (Lipinski definition) is 0. The number of hydrogen-bond acceptors (Lipinski definition) is 9. The van der Waals surface area contributed by atoms with E-state index in [0.29, 0.717) is 16.6 Å². The molecule has 3 heterocycles. The number of rotatable bonds is 0. The van der Waals surface area contributed by atoms with Crippen LogP contribution >= 0.6 is 0 Å². The van der Waals surface area contributed by atoms with Crippen molar-refractivity contribution >= 4 is 67.4 Å². The van der Waals surface area contributed by atoms with Crippen molar-refractivity contribution in [1.29, 1.82) is 0 Å². The van der Waals surface area contributed by atoms with Gasteiger partial charge in [0.15, 0.2) is 0 Å². The van der Waals surface area contributed by atoms with Crippen LogP contribution in [0.3, 0.4) is 0 Å². The normalized spacial score (nSPS) is 9.74. The zero-order chi connectivity index (χ0) is 46.2. The second-order valence-electron chi connectivity index (χ2n) is 14.9. The van der Waals surface area contributed by atoms with Crippen LogP contribution in [-0.4, -0.2) is 49.7 Å². The summed E-state index contributed by atoms with van der Waals surface area (Å²) in [7, 11) is 0. The maximum atomic E-state index is 11.3. The van der Waals surface area contributed by atoms with Crippen molar-refractivity contribution < 1.29 is 30.6 Å². The van der Waals surface area contributed by atoms with Crippen LogP contribution in [0, 0.1) is 62.3 Å². The Kier molecular flexibility index (Phi) is 22.0. The van der Waals surface area contributed by atoms with Crippen molar-refractivity contribution in [2.45, 2.75) is 62.3 Å². The van der Waals surface area contributed by atoms with Gasteiger partial charge in [-0.25, -0.2) is 0 Å². The Labute approximate surface area is 403 Å². The predicted octanol–water partition coefficient (Wildman–Crippen LogP) is 8.22. The molecular weight excluding hydrogens is 841 g/mol. The minimum absolute atomic E-state index is 0. The van der Waals surface area contributed by atoms with Crippen molar-refractivity contribution in [3.8, 4) is 34.5 Å². The van der Waals surface area contributed by atoms with Gasteiger partial charge in [0.1, 0.15) is 0 Å². The number of benzene rings is 6. The van der Waals surface area contributed by atoms with E-state index < -0.39 is 0 Å². The maximum absolute atomic E-state index is 11.3. The molecule has 0 radical (unpaired) electrons. The molecular formula is C54H51Al2N3O6. The zero-order valence-corrected chi connectivity index (χ0v) is 40.6. The van der Waals surface area contributed by atoms with Crippen LogP contribution in [-0.2, 0) is 0 Å². The van der Waals surface area contributed by atoms with E-state index in [2.05, 4.69) is 15.0 Å². The van der Waals surface area contributed by atoms with Crippen molar-refractivity contribution in [2.24, 2.45) is 0 Å². The Morgan fingerprint density at radius 2 is 0.477 bits per heavy atom. The average molecular weight is 892 g/mol.